The maximum absolute atomic E-state index is 12.8. The number of ether oxygens (including phenoxy) is 1. The second kappa shape index (κ2) is 7.61. The van der Waals surface area contributed by atoms with Crippen molar-refractivity contribution in [2.24, 2.45) is 0 Å². The van der Waals surface area contributed by atoms with Crippen molar-refractivity contribution in [3.63, 3.8) is 0 Å². The zero-order valence-corrected chi connectivity index (χ0v) is 15.8. The van der Waals surface area contributed by atoms with E-state index < -0.39 is 6.10 Å². The molecule has 0 aliphatic carbocycles. The Kier molecular flexibility index (Phi) is 5.27. The molecule has 0 aromatic heterocycles. The maximum Gasteiger partial charge on any atom is 0.265 e. The van der Waals surface area contributed by atoms with Crippen LogP contribution >= 0.6 is 0 Å². The first-order chi connectivity index (χ1) is 12.5. The van der Waals surface area contributed by atoms with Gasteiger partial charge in [-0.3, -0.25) is 4.79 Å². The third kappa shape index (κ3) is 3.88. The molecule has 0 unspecified atom stereocenters. The minimum absolute atomic E-state index is 0.115. The van der Waals surface area contributed by atoms with Crippen LogP contribution in [0.3, 0.4) is 0 Å². The van der Waals surface area contributed by atoms with Crippen LogP contribution in [0.15, 0.2) is 54.6 Å². The van der Waals surface area contributed by atoms with Crippen LogP contribution in [-0.4, -0.2) is 12.0 Å². The molecule has 0 radical (unpaired) electrons. The van der Waals surface area contributed by atoms with Gasteiger partial charge in [0, 0.05) is 5.69 Å². The molecule has 26 heavy (non-hydrogen) atoms. The molecule has 3 aromatic carbocycles. The number of benzene rings is 3. The molecule has 0 saturated heterocycles. The SMILES string of the molecule is CC[C@@H](Oc1ccc2ccccc2c1)C(=O)Nc1c(C)cc(C)cc1C. The van der Waals surface area contributed by atoms with Gasteiger partial charge in [-0.05, 0) is 61.2 Å². The van der Waals surface area contributed by atoms with Crippen LogP contribution in [0.25, 0.3) is 10.8 Å². The van der Waals surface area contributed by atoms with Gasteiger partial charge in [0.25, 0.3) is 5.91 Å². The number of carbonyl (C=O) groups excluding carboxylic acids is 1. The summed E-state index contributed by atoms with van der Waals surface area (Å²) in [6.07, 6.45) is 0.0686. The number of nitrogens with one attached hydrogen (secondary N) is 1. The van der Waals surface area contributed by atoms with Crippen LogP contribution < -0.4 is 10.1 Å². The quantitative estimate of drug-likeness (QED) is 0.656. The molecule has 1 atom stereocenters. The van der Waals surface area contributed by atoms with Gasteiger partial charge in [-0.25, -0.2) is 0 Å². The minimum atomic E-state index is -0.531. The van der Waals surface area contributed by atoms with E-state index in [1.54, 1.807) is 0 Å². The Labute approximate surface area is 155 Å². The molecular formula is C23H25NO2. The molecular weight excluding hydrogens is 322 g/mol. The van der Waals surface area contributed by atoms with Crippen molar-refractivity contribution in [3.8, 4) is 5.75 Å². The zero-order chi connectivity index (χ0) is 18.7. The van der Waals surface area contributed by atoms with Crippen LogP contribution in [0.2, 0.25) is 0 Å². The lowest BCUT2D eigenvalue weighted by Gasteiger charge is -2.19. The smallest absolute Gasteiger partial charge is 0.265 e. The second-order valence-corrected chi connectivity index (χ2v) is 6.79. The Morgan fingerprint density at radius 2 is 1.62 bits per heavy atom. The molecule has 0 aliphatic heterocycles. The lowest BCUT2D eigenvalue weighted by atomic mass is 10.0. The standard InChI is InChI=1S/C23H25NO2/c1-5-21(23(25)24-22-16(3)12-15(2)13-17(22)4)26-20-11-10-18-8-6-7-9-19(18)14-20/h6-14,21H,5H2,1-4H3,(H,24,25)/t21-/m1/s1. The van der Waals surface area contributed by atoms with Crippen molar-refractivity contribution in [1.29, 1.82) is 0 Å². The Hall–Kier alpha value is -2.81. The first-order valence-electron chi connectivity index (χ1n) is 9.02. The number of amides is 1. The van der Waals surface area contributed by atoms with E-state index in [9.17, 15) is 4.79 Å². The summed E-state index contributed by atoms with van der Waals surface area (Å²) in [4.78, 5) is 12.8. The average Bonchev–Trinajstić information content (AvgIpc) is 2.62. The van der Waals surface area contributed by atoms with E-state index in [0.29, 0.717) is 12.2 Å². The summed E-state index contributed by atoms with van der Waals surface area (Å²) in [7, 11) is 0. The minimum Gasteiger partial charge on any atom is -0.481 e. The molecule has 3 aromatic rings. The van der Waals surface area contributed by atoms with Crippen LogP contribution in [0.1, 0.15) is 30.0 Å². The molecule has 0 saturated carbocycles. The fraction of sp³-hybridized carbons (Fsp3) is 0.261. The highest BCUT2D eigenvalue weighted by atomic mass is 16.5. The van der Waals surface area contributed by atoms with Crippen molar-refractivity contribution in [1.82, 2.24) is 0 Å². The van der Waals surface area contributed by atoms with Gasteiger partial charge in [0.05, 0.1) is 0 Å². The largest absolute Gasteiger partial charge is 0.481 e. The van der Waals surface area contributed by atoms with E-state index in [1.807, 2.05) is 57.2 Å². The topological polar surface area (TPSA) is 38.3 Å². The summed E-state index contributed by atoms with van der Waals surface area (Å²) in [5.74, 6) is 0.596. The van der Waals surface area contributed by atoms with E-state index in [2.05, 4.69) is 30.4 Å². The third-order valence-corrected chi connectivity index (χ3v) is 4.59. The molecule has 1 N–H and O–H groups in total. The average molecular weight is 347 g/mol. The number of rotatable bonds is 5. The lowest BCUT2D eigenvalue weighted by Crippen LogP contribution is -2.32. The summed E-state index contributed by atoms with van der Waals surface area (Å²) in [5.41, 5.74) is 4.20. The first-order valence-corrected chi connectivity index (χ1v) is 9.02. The van der Waals surface area contributed by atoms with E-state index in [-0.39, 0.29) is 5.91 Å². The summed E-state index contributed by atoms with van der Waals surface area (Å²) >= 11 is 0. The Morgan fingerprint density at radius 3 is 2.27 bits per heavy atom. The van der Waals surface area contributed by atoms with Gasteiger partial charge in [0.1, 0.15) is 5.75 Å². The molecule has 3 nitrogen and oxygen atoms in total. The molecule has 0 aliphatic rings. The monoisotopic (exact) mass is 347 g/mol. The highest BCUT2D eigenvalue weighted by Gasteiger charge is 2.20. The zero-order valence-electron chi connectivity index (χ0n) is 15.8. The Bertz CT molecular complexity index is 923. The van der Waals surface area contributed by atoms with Gasteiger partial charge < -0.3 is 10.1 Å². The highest BCUT2D eigenvalue weighted by molar-refractivity contribution is 5.96. The van der Waals surface area contributed by atoms with Gasteiger partial charge in [-0.15, -0.1) is 0 Å². The van der Waals surface area contributed by atoms with Crippen LogP contribution in [0, 0.1) is 20.8 Å². The molecule has 0 spiro atoms. The van der Waals surface area contributed by atoms with Crippen molar-refractivity contribution >= 4 is 22.4 Å². The van der Waals surface area contributed by atoms with Crippen molar-refractivity contribution in [3.05, 3.63) is 71.3 Å². The van der Waals surface area contributed by atoms with Crippen molar-refractivity contribution in [2.45, 2.75) is 40.2 Å². The van der Waals surface area contributed by atoms with E-state index >= 15 is 0 Å². The molecule has 0 heterocycles. The summed E-state index contributed by atoms with van der Waals surface area (Å²) in [5, 5.41) is 5.31. The molecule has 3 heteroatoms. The van der Waals surface area contributed by atoms with E-state index in [4.69, 9.17) is 4.74 Å². The van der Waals surface area contributed by atoms with Gasteiger partial charge >= 0.3 is 0 Å². The van der Waals surface area contributed by atoms with E-state index in [0.717, 1.165) is 27.6 Å². The van der Waals surface area contributed by atoms with Crippen LogP contribution in [0.4, 0.5) is 5.69 Å². The maximum atomic E-state index is 12.8. The normalized spacial score (nSPS) is 12.0. The molecule has 134 valence electrons. The third-order valence-electron chi connectivity index (χ3n) is 4.59. The van der Waals surface area contributed by atoms with E-state index in [1.165, 1.54) is 5.56 Å². The van der Waals surface area contributed by atoms with Gasteiger partial charge in [0.15, 0.2) is 6.10 Å². The second-order valence-electron chi connectivity index (χ2n) is 6.79. The van der Waals surface area contributed by atoms with Crippen molar-refractivity contribution < 1.29 is 9.53 Å². The fourth-order valence-electron chi connectivity index (χ4n) is 3.31. The molecule has 0 bridgehead atoms. The number of hydrogen-bond donors (Lipinski definition) is 1. The highest BCUT2D eigenvalue weighted by Crippen LogP contribution is 2.24. The summed E-state index contributed by atoms with van der Waals surface area (Å²) in [6, 6.07) is 18.2. The molecule has 3 rings (SSSR count). The predicted octanol–water partition coefficient (Wildman–Crippen LogP) is 5.56. The Balaban J connectivity index is 1.78. The molecule has 1 amide bonds. The van der Waals surface area contributed by atoms with Crippen LogP contribution in [-0.2, 0) is 4.79 Å². The number of carbonyl (C=O) groups is 1. The van der Waals surface area contributed by atoms with Crippen LogP contribution in [0.5, 0.6) is 5.75 Å². The summed E-state index contributed by atoms with van der Waals surface area (Å²) in [6.45, 7) is 8.05. The molecule has 0 fully saturated rings. The number of anilines is 1. The number of aryl methyl sites for hydroxylation is 3. The predicted molar refractivity (Wildman–Crippen MR) is 108 cm³/mol. The fourth-order valence-corrected chi connectivity index (χ4v) is 3.31. The van der Waals surface area contributed by atoms with Crippen molar-refractivity contribution in [2.75, 3.05) is 5.32 Å². The number of hydrogen-bond acceptors (Lipinski definition) is 2. The van der Waals surface area contributed by atoms with Gasteiger partial charge in [-0.1, -0.05) is 55.0 Å². The summed E-state index contributed by atoms with van der Waals surface area (Å²) < 4.78 is 6.00. The lowest BCUT2D eigenvalue weighted by molar-refractivity contribution is -0.122. The first kappa shape index (κ1) is 18.0. The number of fused-ring (bicyclic) bond motifs is 1. The van der Waals surface area contributed by atoms with Gasteiger partial charge in [0.2, 0.25) is 0 Å². The van der Waals surface area contributed by atoms with Gasteiger partial charge in [-0.2, -0.15) is 0 Å². The Morgan fingerprint density at radius 1 is 0.962 bits per heavy atom.